The van der Waals surface area contributed by atoms with Crippen LogP contribution in [-0.2, 0) is 4.79 Å². The standard InChI is InChI=1S/C12H9BrFNO3/c1-2-3-15(7-11(16)17)12(18)8-4-9(13)6-10(14)5-8/h1,4-6H,3,7H2,(H,16,17). The SMILES string of the molecule is C#CCN(CC(=O)O)C(=O)c1cc(F)cc(Br)c1. The normalized spacial score (nSPS) is 9.61. The minimum Gasteiger partial charge on any atom is -0.480 e. The Morgan fingerprint density at radius 2 is 2.11 bits per heavy atom. The summed E-state index contributed by atoms with van der Waals surface area (Å²) in [5.41, 5.74) is 0.0402. The van der Waals surface area contributed by atoms with E-state index in [1.165, 1.54) is 12.1 Å². The molecule has 0 saturated carbocycles. The van der Waals surface area contributed by atoms with Gasteiger partial charge in [0.25, 0.3) is 5.91 Å². The molecule has 1 aromatic carbocycles. The van der Waals surface area contributed by atoms with Crippen LogP contribution in [0.4, 0.5) is 4.39 Å². The molecule has 0 aromatic heterocycles. The Hall–Kier alpha value is -1.87. The third-order valence-corrected chi connectivity index (χ3v) is 2.46. The lowest BCUT2D eigenvalue weighted by Crippen LogP contribution is -2.36. The number of hydrogen-bond acceptors (Lipinski definition) is 2. The Balaban J connectivity index is 3.01. The average Bonchev–Trinajstić information content (AvgIpc) is 2.25. The maximum atomic E-state index is 13.1. The summed E-state index contributed by atoms with van der Waals surface area (Å²) in [5, 5.41) is 8.67. The highest BCUT2D eigenvalue weighted by molar-refractivity contribution is 9.10. The summed E-state index contributed by atoms with van der Waals surface area (Å²) in [5.74, 6) is -0.220. The third-order valence-electron chi connectivity index (χ3n) is 2.00. The van der Waals surface area contributed by atoms with Gasteiger partial charge in [0.2, 0.25) is 0 Å². The van der Waals surface area contributed by atoms with E-state index in [-0.39, 0.29) is 12.1 Å². The van der Waals surface area contributed by atoms with Crippen molar-refractivity contribution in [2.45, 2.75) is 0 Å². The quantitative estimate of drug-likeness (QED) is 0.862. The molecule has 94 valence electrons. The van der Waals surface area contributed by atoms with E-state index >= 15 is 0 Å². The molecule has 0 aliphatic carbocycles. The predicted octanol–water partition coefficient (Wildman–Crippen LogP) is 1.75. The molecule has 1 aromatic rings. The van der Waals surface area contributed by atoms with Crippen LogP contribution >= 0.6 is 15.9 Å². The number of carboxylic acid groups (broad SMARTS) is 1. The van der Waals surface area contributed by atoms with Gasteiger partial charge in [0, 0.05) is 10.0 Å². The number of rotatable bonds is 4. The van der Waals surface area contributed by atoms with E-state index in [0.717, 1.165) is 11.0 Å². The summed E-state index contributed by atoms with van der Waals surface area (Å²) in [4.78, 5) is 23.5. The Bertz CT molecular complexity index is 504. The van der Waals surface area contributed by atoms with Crippen LogP contribution in [0.5, 0.6) is 0 Å². The van der Waals surface area contributed by atoms with Gasteiger partial charge in [-0.15, -0.1) is 6.42 Å². The Morgan fingerprint density at radius 3 is 2.61 bits per heavy atom. The molecule has 1 amide bonds. The molecule has 6 heteroatoms. The zero-order chi connectivity index (χ0) is 13.7. The minimum absolute atomic E-state index is 0.0402. The van der Waals surface area contributed by atoms with Gasteiger partial charge in [-0.3, -0.25) is 9.59 Å². The van der Waals surface area contributed by atoms with Crippen molar-refractivity contribution >= 4 is 27.8 Å². The summed E-state index contributed by atoms with van der Waals surface area (Å²) in [6, 6.07) is 3.62. The van der Waals surface area contributed by atoms with Crippen molar-refractivity contribution < 1.29 is 19.1 Å². The Labute approximate surface area is 112 Å². The second-order valence-electron chi connectivity index (χ2n) is 3.42. The molecule has 0 aliphatic heterocycles. The number of amides is 1. The van der Waals surface area contributed by atoms with E-state index in [4.69, 9.17) is 11.5 Å². The fourth-order valence-electron chi connectivity index (χ4n) is 1.33. The molecule has 18 heavy (non-hydrogen) atoms. The zero-order valence-corrected chi connectivity index (χ0v) is 10.8. The highest BCUT2D eigenvalue weighted by atomic mass is 79.9. The fourth-order valence-corrected chi connectivity index (χ4v) is 1.80. The summed E-state index contributed by atoms with van der Waals surface area (Å²) < 4.78 is 13.5. The molecule has 0 heterocycles. The maximum absolute atomic E-state index is 13.1. The van der Waals surface area contributed by atoms with Gasteiger partial charge < -0.3 is 10.0 Å². The van der Waals surface area contributed by atoms with Crippen LogP contribution in [0.25, 0.3) is 0 Å². The number of carboxylic acids is 1. The van der Waals surface area contributed by atoms with Crippen LogP contribution in [0.3, 0.4) is 0 Å². The molecule has 0 saturated heterocycles. The molecule has 0 atom stereocenters. The van der Waals surface area contributed by atoms with Crippen LogP contribution in [0.15, 0.2) is 22.7 Å². The molecule has 0 radical (unpaired) electrons. The van der Waals surface area contributed by atoms with Gasteiger partial charge in [0.1, 0.15) is 12.4 Å². The molecule has 1 N–H and O–H groups in total. The van der Waals surface area contributed by atoms with E-state index < -0.39 is 24.2 Å². The zero-order valence-electron chi connectivity index (χ0n) is 9.19. The monoisotopic (exact) mass is 313 g/mol. The summed E-state index contributed by atoms with van der Waals surface area (Å²) >= 11 is 3.05. The average molecular weight is 314 g/mol. The smallest absolute Gasteiger partial charge is 0.323 e. The van der Waals surface area contributed by atoms with Gasteiger partial charge in [-0.1, -0.05) is 21.9 Å². The highest BCUT2D eigenvalue weighted by Crippen LogP contribution is 2.16. The minimum atomic E-state index is -1.19. The summed E-state index contributed by atoms with van der Waals surface area (Å²) in [7, 11) is 0. The number of nitrogens with zero attached hydrogens (tertiary/aromatic N) is 1. The van der Waals surface area contributed by atoms with Crippen LogP contribution in [0.2, 0.25) is 0 Å². The molecule has 0 bridgehead atoms. The van der Waals surface area contributed by atoms with Crippen molar-refractivity contribution in [1.29, 1.82) is 0 Å². The van der Waals surface area contributed by atoms with Crippen molar-refractivity contribution in [2.24, 2.45) is 0 Å². The van der Waals surface area contributed by atoms with E-state index in [1.807, 2.05) is 0 Å². The molecule has 4 nitrogen and oxygen atoms in total. The topological polar surface area (TPSA) is 57.6 Å². The Morgan fingerprint density at radius 1 is 1.44 bits per heavy atom. The van der Waals surface area contributed by atoms with E-state index in [1.54, 1.807) is 0 Å². The van der Waals surface area contributed by atoms with Crippen molar-refractivity contribution in [3.05, 3.63) is 34.1 Å². The van der Waals surface area contributed by atoms with Crippen LogP contribution < -0.4 is 0 Å². The number of hydrogen-bond donors (Lipinski definition) is 1. The lowest BCUT2D eigenvalue weighted by Gasteiger charge is -2.18. The Kier molecular flexibility index (Phi) is 4.86. The van der Waals surface area contributed by atoms with E-state index in [0.29, 0.717) is 4.47 Å². The summed E-state index contributed by atoms with van der Waals surface area (Å²) in [6.45, 7) is -0.684. The highest BCUT2D eigenvalue weighted by Gasteiger charge is 2.18. The second-order valence-corrected chi connectivity index (χ2v) is 4.33. The van der Waals surface area contributed by atoms with Crippen molar-refractivity contribution in [2.75, 3.05) is 13.1 Å². The molecule has 0 spiro atoms. The van der Waals surface area contributed by atoms with E-state index in [9.17, 15) is 14.0 Å². The van der Waals surface area contributed by atoms with Crippen molar-refractivity contribution in [3.63, 3.8) is 0 Å². The molecule has 0 unspecified atom stereocenters. The first-order valence-electron chi connectivity index (χ1n) is 4.84. The molecular weight excluding hydrogens is 305 g/mol. The maximum Gasteiger partial charge on any atom is 0.323 e. The molecule has 0 aliphatic rings. The number of carbonyl (C=O) groups excluding carboxylic acids is 1. The van der Waals surface area contributed by atoms with Crippen molar-refractivity contribution in [1.82, 2.24) is 4.90 Å². The van der Waals surface area contributed by atoms with Crippen LogP contribution in [0, 0.1) is 18.2 Å². The lowest BCUT2D eigenvalue weighted by atomic mass is 10.2. The third kappa shape index (κ3) is 3.86. The summed E-state index contributed by atoms with van der Waals surface area (Å²) in [6.07, 6.45) is 5.06. The van der Waals surface area contributed by atoms with E-state index in [2.05, 4.69) is 21.9 Å². The lowest BCUT2D eigenvalue weighted by molar-refractivity contribution is -0.137. The molecule has 1 rings (SSSR count). The van der Waals surface area contributed by atoms with Gasteiger partial charge in [0.15, 0.2) is 0 Å². The predicted molar refractivity (Wildman–Crippen MR) is 66.5 cm³/mol. The first kappa shape index (κ1) is 14.2. The number of benzene rings is 1. The van der Waals surface area contributed by atoms with Crippen molar-refractivity contribution in [3.8, 4) is 12.3 Å². The first-order valence-corrected chi connectivity index (χ1v) is 5.64. The largest absolute Gasteiger partial charge is 0.480 e. The van der Waals surface area contributed by atoms with Crippen LogP contribution in [-0.4, -0.2) is 35.0 Å². The fraction of sp³-hybridized carbons (Fsp3) is 0.167. The van der Waals surface area contributed by atoms with Gasteiger partial charge in [-0.05, 0) is 18.2 Å². The first-order chi connectivity index (χ1) is 8.43. The van der Waals surface area contributed by atoms with Crippen LogP contribution in [0.1, 0.15) is 10.4 Å². The molecular formula is C12H9BrFNO3. The number of aliphatic carboxylic acids is 1. The van der Waals surface area contributed by atoms with Gasteiger partial charge in [-0.25, -0.2) is 4.39 Å². The number of halogens is 2. The molecule has 0 fully saturated rings. The van der Waals surface area contributed by atoms with Gasteiger partial charge in [0.05, 0.1) is 6.54 Å². The number of terminal acetylenes is 1. The number of carbonyl (C=O) groups is 2. The second kappa shape index (κ2) is 6.17. The van der Waals surface area contributed by atoms with Gasteiger partial charge in [-0.2, -0.15) is 0 Å². The van der Waals surface area contributed by atoms with Gasteiger partial charge >= 0.3 is 5.97 Å².